The van der Waals surface area contributed by atoms with E-state index in [-0.39, 0.29) is 5.54 Å². The smallest absolute Gasteiger partial charge is 0.194 e. The van der Waals surface area contributed by atoms with Gasteiger partial charge < -0.3 is 15.5 Å². The molecule has 1 fully saturated rings. The Morgan fingerprint density at radius 1 is 1.31 bits per heavy atom. The molecule has 0 bridgehead atoms. The molecule has 4 nitrogen and oxygen atoms in total. The van der Waals surface area contributed by atoms with Gasteiger partial charge in [-0.05, 0) is 46.7 Å². The van der Waals surface area contributed by atoms with Crippen LogP contribution in [0.3, 0.4) is 0 Å². The predicted octanol–water partition coefficient (Wildman–Crippen LogP) is 0.798. The molecule has 1 saturated heterocycles. The average Bonchev–Trinajstić information content (AvgIpc) is 2.67. The fraction of sp³-hybridized carbons (Fsp3) is 0.917. The summed E-state index contributed by atoms with van der Waals surface area (Å²) in [5, 5.41) is 7.00. The van der Waals surface area contributed by atoms with E-state index >= 15 is 0 Å². The van der Waals surface area contributed by atoms with Gasteiger partial charge in [0.15, 0.2) is 5.96 Å². The minimum atomic E-state index is 0.176. The highest BCUT2D eigenvalue weighted by atomic mass is 15.4. The summed E-state index contributed by atoms with van der Waals surface area (Å²) in [5.74, 6) is 1.11. The van der Waals surface area contributed by atoms with Crippen LogP contribution in [-0.2, 0) is 0 Å². The first-order valence-electron chi connectivity index (χ1n) is 6.37. The second-order valence-electron chi connectivity index (χ2n) is 5.70. The van der Waals surface area contributed by atoms with Gasteiger partial charge in [-0.25, -0.2) is 0 Å². The fourth-order valence-electron chi connectivity index (χ4n) is 2.37. The molecule has 2 aliphatic heterocycles. The van der Waals surface area contributed by atoms with Crippen LogP contribution in [0.5, 0.6) is 0 Å². The van der Waals surface area contributed by atoms with Crippen molar-refractivity contribution in [2.45, 2.75) is 45.2 Å². The van der Waals surface area contributed by atoms with Crippen molar-refractivity contribution in [1.82, 2.24) is 15.5 Å². The summed E-state index contributed by atoms with van der Waals surface area (Å²) in [6, 6.07) is 0.600. The average molecular weight is 224 g/mol. The molecule has 0 amide bonds. The Morgan fingerprint density at radius 2 is 2.00 bits per heavy atom. The summed E-state index contributed by atoms with van der Waals surface area (Å²) < 4.78 is 0. The Labute approximate surface area is 98.5 Å². The number of hydrogen-bond acceptors (Lipinski definition) is 4. The maximum Gasteiger partial charge on any atom is 0.194 e. The normalized spacial score (nSPS) is 23.4. The molecule has 0 unspecified atom stereocenters. The van der Waals surface area contributed by atoms with E-state index in [0.29, 0.717) is 6.04 Å². The SMILES string of the molecule is CC(C)(C)N1CCN=C1NC1CCNCC1. The Balaban J connectivity index is 1.93. The van der Waals surface area contributed by atoms with Crippen LogP contribution in [-0.4, -0.2) is 48.6 Å². The van der Waals surface area contributed by atoms with Crippen molar-refractivity contribution < 1.29 is 0 Å². The third-order valence-electron chi connectivity index (χ3n) is 3.32. The number of nitrogens with zero attached hydrogens (tertiary/aromatic N) is 2. The van der Waals surface area contributed by atoms with Crippen LogP contribution in [0.2, 0.25) is 0 Å². The van der Waals surface area contributed by atoms with Crippen molar-refractivity contribution in [3.8, 4) is 0 Å². The third kappa shape index (κ3) is 2.67. The van der Waals surface area contributed by atoms with E-state index in [1.165, 1.54) is 12.8 Å². The molecule has 92 valence electrons. The maximum absolute atomic E-state index is 4.59. The lowest BCUT2D eigenvalue weighted by atomic mass is 10.1. The minimum absolute atomic E-state index is 0.176. The van der Waals surface area contributed by atoms with Crippen LogP contribution in [0.4, 0.5) is 0 Å². The van der Waals surface area contributed by atoms with Crippen LogP contribution in [0, 0.1) is 0 Å². The Morgan fingerprint density at radius 3 is 2.62 bits per heavy atom. The first kappa shape index (κ1) is 11.7. The third-order valence-corrected chi connectivity index (χ3v) is 3.32. The highest BCUT2D eigenvalue weighted by Crippen LogP contribution is 2.17. The summed E-state index contributed by atoms with van der Waals surface area (Å²) in [6.07, 6.45) is 2.41. The van der Waals surface area contributed by atoms with Gasteiger partial charge >= 0.3 is 0 Å². The number of guanidine groups is 1. The molecule has 0 aromatic heterocycles. The van der Waals surface area contributed by atoms with Gasteiger partial charge in [0, 0.05) is 18.1 Å². The van der Waals surface area contributed by atoms with E-state index < -0.39 is 0 Å². The molecular weight excluding hydrogens is 200 g/mol. The Bertz CT molecular complexity index is 261. The van der Waals surface area contributed by atoms with Gasteiger partial charge in [-0.2, -0.15) is 0 Å². The largest absolute Gasteiger partial charge is 0.353 e. The van der Waals surface area contributed by atoms with Crippen LogP contribution in [0.25, 0.3) is 0 Å². The molecule has 0 aromatic rings. The van der Waals surface area contributed by atoms with E-state index in [0.717, 1.165) is 32.1 Å². The number of nitrogens with one attached hydrogen (secondary N) is 2. The molecule has 0 aromatic carbocycles. The molecule has 2 heterocycles. The topological polar surface area (TPSA) is 39.7 Å². The zero-order valence-corrected chi connectivity index (χ0v) is 10.7. The van der Waals surface area contributed by atoms with E-state index in [2.05, 4.69) is 41.3 Å². The molecule has 0 spiro atoms. The molecule has 16 heavy (non-hydrogen) atoms. The number of piperidine rings is 1. The van der Waals surface area contributed by atoms with Crippen molar-refractivity contribution in [1.29, 1.82) is 0 Å². The molecule has 0 saturated carbocycles. The van der Waals surface area contributed by atoms with Gasteiger partial charge in [-0.3, -0.25) is 4.99 Å². The van der Waals surface area contributed by atoms with E-state index in [4.69, 9.17) is 0 Å². The Hall–Kier alpha value is -0.770. The van der Waals surface area contributed by atoms with Gasteiger partial charge in [0.2, 0.25) is 0 Å². The quantitative estimate of drug-likeness (QED) is 0.692. The van der Waals surface area contributed by atoms with Gasteiger partial charge in [0.05, 0.1) is 6.54 Å². The summed E-state index contributed by atoms with van der Waals surface area (Å²) in [5.41, 5.74) is 0.176. The minimum Gasteiger partial charge on any atom is -0.353 e. The van der Waals surface area contributed by atoms with Crippen LogP contribution >= 0.6 is 0 Å². The van der Waals surface area contributed by atoms with Gasteiger partial charge in [0.1, 0.15) is 0 Å². The fourth-order valence-corrected chi connectivity index (χ4v) is 2.37. The first-order valence-corrected chi connectivity index (χ1v) is 6.37. The highest BCUT2D eigenvalue weighted by Gasteiger charge is 2.29. The molecule has 4 heteroatoms. The van der Waals surface area contributed by atoms with Gasteiger partial charge in [-0.1, -0.05) is 0 Å². The first-order chi connectivity index (χ1) is 7.57. The second kappa shape index (κ2) is 4.62. The number of aliphatic imine (C=N–C) groups is 1. The van der Waals surface area contributed by atoms with Gasteiger partial charge in [0.25, 0.3) is 0 Å². The lowest BCUT2D eigenvalue weighted by molar-refractivity contribution is 0.245. The summed E-state index contributed by atoms with van der Waals surface area (Å²) >= 11 is 0. The van der Waals surface area contributed by atoms with E-state index in [1.54, 1.807) is 0 Å². The summed E-state index contributed by atoms with van der Waals surface area (Å²) in [7, 11) is 0. The Kier molecular flexibility index (Phi) is 3.38. The van der Waals surface area contributed by atoms with E-state index in [9.17, 15) is 0 Å². The van der Waals surface area contributed by atoms with Crippen molar-refractivity contribution >= 4 is 5.96 Å². The zero-order chi connectivity index (χ0) is 11.6. The highest BCUT2D eigenvalue weighted by molar-refractivity contribution is 5.82. The molecule has 2 aliphatic rings. The number of hydrogen-bond donors (Lipinski definition) is 2. The summed E-state index contributed by atoms with van der Waals surface area (Å²) in [4.78, 5) is 6.97. The molecule has 0 radical (unpaired) electrons. The molecular formula is C12H24N4. The van der Waals surface area contributed by atoms with Crippen molar-refractivity contribution in [3.63, 3.8) is 0 Å². The molecule has 2 rings (SSSR count). The molecule has 0 aliphatic carbocycles. The van der Waals surface area contributed by atoms with Crippen molar-refractivity contribution in [2.75, 3.05) is 26.2 Å². The summed E-state index contributed by atoms with van der Waals surface area (Å²) in [6.45, 7) is 11.0. The van der Waals surface area contributed by atoms with Crippen LogP contribution in [0.1, 0.15) is 33.6 Å². The van der Waals surface area contributed by atoms with E-state index in [1.807, 2.05) is 0 Å². The number of rotatable bonds is 1. The zero-order valence-electron chi connectivity index (χ0n) is 10.7. The molecule has 2 N–H and O–H groups in total. The van der Waals surface area contributed by atoms with Crippen molar-refractivity contribution in [2.24, 2.45) is 4.99 Å². The second-order valence-corrected chi connectivity index (χ2v) is 5.70. The van der Waals surface area contributed by atoms with Crippen LogP contribution in [0.15, 0.2) is 4.99 Å². The molecule has 0 atom stereocenters. The standard InChI is InChI=1S/C12H24N4/c1-12(2,3)16-9-8-14-11(16)15-10-4-6-13-7-5-10/h10,13H,4-9H2,1-3H3,(H,14,15). The monoisotopic (exact) mass is 224 g/mol. The van der Waals surface area contributed by atoms with Crippen molar-refractivity contribution in [3.05, 3.63) is 0 Å². The lowest BCUT2D eigenvalue weighted by Gasteiger charge is -2.36. The predicted molar refractivity (Wildman–Crippen MR) is 67.8 cm³/mol. The lowest BCUT2D eigenvalue weighted by Crippen LogP contribution is -2.53. The van der Waals surface area contributed by atoms with Crippen LogP contribution < -0.4 is 10.6 Å². The maximum atomic E-state index is 4.59. The van der Waals surface area contributed by atoms with Gasteiger partial charge in [-0.15, -0.1) is 0 Å².